The van der Waals surface area contributed by atoms with Gasteiger partial charge in [0, 0.05) is 5.56 Å². The average molecular weight is 402 g/mol. The van der Waals surface area contributed by atoms with Crippen molar-refractivity contribution in [2.75, 3.05) is 13.2 Å². The van der Waals surface area contributed by atoms with Crippen molar-refractivity contribution < 1.29 is 28.2 Å². The summed E-state index contributed by atoms with van der Waals surface area (Å²) in [6, 6.07) is 9.80. The van der Waals surface area contributed by atoms with E-state index < -0.39 is 25.1 Å². The van der Waals surface area contributed by atoms with Crippen molar-refractivity contribution in [2.45, 2.75) is 51.1 Å². The predicted molar refractivity (Wildman–Crippen MR) is 105 cm³/mol. The van der Waals surface area contributed by atoms with Crippen LogP contribution in [0.1, 0.15) is 53.5 Å². The monoisotopic (exact) mass is 402 g/mol. The van der Waals surface area contributed by atoms with Gasteiger partial charge < -0.3 is 14.6 Å². The van der Waals surface area contributed by atoms with Gasteiger partial charge in [-0.05, 0) is 78.5 Å². The highest BCUT2D eigenvalue weighted by Crippen LogP contribution is 2.48. The van der Waals surface area contributed by atoms with Crippen molar-refractivity contribution in [3.8, 4) is 16.9 Å². The molecule has 1 unspecified atom stereocenters. The number of halogens is 2. The van der Waals surface area contributed by atoms with Crippen LogP contribution in [0.3, 0.4) is 0 Å². The Kier molecular flexibility index (Phi) is 5.54. The number of hydrogen-bond donors (Lipinski definition) is 1. The van der Waals surface area contributed by atoms with Gasteiger partial charge in [-0.1, -0.05) is 18.2 Å². The highest BCUT2D eigenvalue weighted by atomic mass is 19.3. The second kappa shape index (κ2) is 8.11. The predicted octanol–water partition coefficient (Wildman–Crippen LogP) is 5.27. The molecule has 1 aliphatic heterocycles. The maximum Gasteiger partial charge on any atom is 0.337 e. The molecule has 1 N–H and O–H groups in total. The number of ether oxygens (including phenoxy) is 2. The molecule has 0 radical (unpaired) electrons. The van der Waals surface area contributed by atoms with Gasteiger partial charge in [0.05, 0.1) is 6.61 Å². The number of carbonyl (C=O) groups is 1. The topological polar surface area (TPSA) is 55.8 Å². The van der Waals surface area contributed by atoms with Crippen LogP contribution in [0, 0.1) is 6.92 Å². The zero-order chi connectivity index (χ0) is 20.5. The lowest BCUT2D eigenvalue weighted by Crippen LogP contribution is -2.21. The molecule has 0 bridgehead atoms. The SMILES string of the molecule is Cc1ccc(C2CC2)c(-c2ccc3c(c2)CCCO3)c1C(OCC(F)F)C(=O)O. The highest BCUT2D eigenvalue weighted by molar-refractivity contribution is 5.83. The Morgan fingerprint density at radius 3 is 2.76 bits per heavy atom. The smallest absolute Gasteiger partial charge is 0.337 e. The van der Waals surface area contributed by atoms with E-state index in [-0.39, 0.29) is 0 Å². The zero-order valence-electron chi connectivity index (χ0n) is 16.3. The lowest BCUT2D eigenvalue weighted by Gasteiger charge is -2.24. The molecule has 2 aliphatic rings. The molecule has 0 saturated heterocycles. The first-order valence-corrected chi connectivity index (χ1v) is 9.97. The normalized spacial score (nSPS) is 17.0. The number of rotatable bonds is 7. The minimum atomic E-state index is -2.73. The summed E-state index contributed by atoms with van der Waals surface area (Å²) in [5.74, 6) is -0.0451. The quantitative estimate of drug-likeness (QED) is 0.685. The number of fused-ring (bicyclic) bond motifs is 1. The summed E-state index contributed by atoms with van der Waals surface area (Å²) < 4.78 is 36.4. The van der Waals surface area contributed by atoms with Gasteiger partial charge >= 0.3 is 5.97 Å². The molecule has 0 amide bonds. The summed E-state index contributed by atoms with van der Waals surface area (Å²) >= 11 is 0. The molecule has 4 rings (SSSR count). The van der Waals surface area contributed by atoms with Crippen molar-refractivity contribution in [1.29, 1.82) is 0 Å². The van der Waals surface area contributed by atoms with E-state index in [1.807, 2.05) is 30.3 Å². The Morgan fingerprint density at radius 1 is 1.28 bits per heavy atom. The molecule has 2 aromatic carbocycles. The number of hydrogen-bond acceptors (Lipinski definition) is 3. The van der Waals surface area contributed by atoms with Crippen LogP contribution in [-0.2, 0) is 16.0 Å². The van der Waals surface area contributed by atoms with E-state index in [0.717, 1.165) is 59.3 Å². The summed E-state index contributed by atoms with van der Waals surface area (Å²) in [6.45, 7) is 1.58. The van der Waals surface area contributed by atoms with Crippen molar-refractivity contribution in [2.24, 2.45) is 0 Å². The molecule has 1 atom stereocenters. The molecule has 1 aliphatic carbocycles. The molecule has 4 nitrogen and oxygen atoms in total. The zero-order valence-corrected chi connectivity index (χ0v) is 16.3. The van der Waals surface area contributed by atoms with E-state index in [0.29, 0.717) is 18.1 Å². The number of carboxylic acid groups (broad SMARTS) is 1. The average Bonchev–Trinajstić information content (AvgIpc) is 3.53. The van der Waals surface area contributed by atoms with E-state index in [2.05, 4.69) is 0 Å². The molecule has 6 heteroatoms. The summed E-state index contributed by atoms with van der Waals surface area (Å²) in [5, 5.41) is 9.78. The molecule has 1 fully saturated rings. The second-order valence-corrected chi connectivity index (χ2v) is 7.75. The number of benzene rings is 2. The first-order valence-electron chi connectivity index (χ1n) is 9.97. The summed E-state index contributed by atoms with van der Waals surface area (Å²) in [7, 11) is 0. The molecule has 0 aromatic heterocycles. The van der Waals surface area contributed by atoms with Gasteiger partial charge in [-0.15, -0.1) is 0 Å². The van der Waals surface area contributed by atoms with Crippen LogP contribution in [0.5, 0.6) is 5.75 Å². The maximum absolute atomic E-state index is 12.8. The number of alkyl halides is 2. The lowest BCUT2D eigenvalue weighted by molar-refractivity contribution is -0.153. The molecule has 2 aromatic rings. The Bertz CT molecular complexity index is 921. The van der Waals surface area contributed by atoms with Crippen LogP contribution in [0.4, 0.5) is 8.78 Å². The first-order chi connectivity index (χ1) is 14.0. The molecule has 0 spiro atoms. The summed E-state index contributed by atoms with van der Waals surface area (Å²) in [6.07, 6.45) is -0.258. The van der Waals surface area contributed by atoms with Crippen LogP contribution in [0.2, 0.25) is 0 Å². The van der Waals surface area contributed by atoms with Gasteiger partial charge in [-0.2, -0.15) is 0 Å². The molecular formula is C23H24F2O4. The largest absolute Gasteiger partial charge is 0.493 e. The third kappa shape index (κ3) is 4.13. The maximum atomic E-state index is 12.8. The van der Waals surface area contributed by atoms with Crippen molar-refractivity contribution >= 4 is 5.97 Å². The second-order valence-electron chi connectivity index (χ2n) is 7.75. The van der Waals surface area contributed by atoms with E-state index in [1.54, 1.807) is 6.92 Å². The van der Waals surface area contributed by atoms with Crippen molar-refractivity contribution in [3.63, 3.8) is 0 Å². The van der Waals surface area contributed by atoms with Crippen molar-refractivity contribution in [3.05, 3.63) is 52.6 Å². The summed E-state index contributed by atoms with van der Waals surface area (Å²) in [5.41, 5.74) is 5.04. The Hall–Kier alpha value is -2.47. The molecule has 29 heavy (non-hydrogen) atoms. The Labute approximate surface area is 168 Å². The lowest BCUT2D eigenvalue weighted by atomic mass is 9.85. The fraction of sp³-hybridized carbons (Fsp3) is 0.435. The standard InChI is InChI=1S/C23H24F2O4/c1-13-4-8-17(14-5-6-14)21(20(13)22(23(26)27)29-12-19(24)25)16-7-9-18-15(11-16)3-2-10-28-18/h4,7-9,11,14,19,22H,2-3,5-6,10,12H2,1H3,(H,26,27). The van der Waals surface area contributed by atoms with E-state index >= 15 is 0 Å². The minimum Gasteiger partial charge on any atom is -0.493 e. The number of carboxylic acids is 1. The fourth-order valence-electron chi connectivity index (χ4n) is 4.10. The molecular weight excluding hydrogens is 378 g/mol. The van der Waals surface area contributed by atoms with Gasteiger partial charge in [0.25, 0.3) is 6.43 Å². The van der Waals surface area contributed by atoms with Crippen LogP contribution < -0.4 is 4.74 Å². The van der Waals surface area contributed by atoms with Crippen molar-refractivity contribution in [1.82, 2.24) is 0 Å². The first kappa shape index (κ1) is 19.8. The Balaban J connectivity index is 1.87. The van der Waals surface area contributed by atoms with Gasteiger partial charge in [-0.25, -0.2) is 13.6 Å². The molecule has 1 saturated carbocycles. The number of aryl methyl sites for hydroxylation is 2. The van der Waals surface area contributed by atoms with E-state index in [4.69, 9.17) is 9.47 Å². The van der Waals surface area contributed by atoms with Gasteiger partial charge in [0.15, 0.2) is 6.10 Å². The summed E-state index contributed by atoms with van der Waals surface area (Å²) in [4.78, 5) is 12.0. The van der Waals surface area contributed by atoms with E-state index in [9.17, 15) is 18.7 Å². The van der Waals surface area contributed by atoms with Crippen LogP contribution in [0.15, 0.2) is 30.3 Å². The van der Waals surface area contributed by atoms with Crippen LogP contribution in [0.25, 0.3) is 11.1 Å². The fourth-order valence-corrected chi connectivity index (χ4v) is 4.10. The van der Waals surface area contributed by atoms with Crippen LogP contribution >= 0.6 is 0 Å². The van der Waals surface area contributed by atoms with Gasteiger partial charge in [0.1, 0.15) is 12.4 Å². The van der Waals surface area contributed by atoms with Gasteiger partial charge in [0.2, 0.25) is 0 Å². The molecule has 154 valence electrons. The highest BCUT2D eigenvalue weighted by Gasteiger charge is 2.33. The third-order valence-corrected chi connectivity index (χ3v) is 5.59. The van der Waals surface area contributed by atoms with Crippen LogP contribution in [-0.4, -0.2) is 30.7 Å². The third-order valence-electron chi connectivity index (χ3n) is 5.59. The Morgan fingerprint density at radius 2 is 2.07 bits per heavy atom. The molecule has 1 heterocycles. The number of aliphatic carboxylic acids is 1. The minimum absolute atomic E-state index is 0.362. The van der Waals surface area contributed by atoms with E-state index in [1.165, 1.54) is 0 Å². The van der Waals surface area contributed by atoms with Gasteiger partial charge in [-0.3, -0.25) is 0 Å².